The Morgan fingerprint density at radius 1 is 1.20 bits per heavy atom. The van der Waals surface area contributed by atoms with Gasteiger partial charge in [-0.2, -0.15) is 0 Å². The Balaban J connectivity index is 0.000000531. The number of hydrogen-bond donors (Lipinski definition) is 0. The molecule has 0 N–H and O–H groups in total. The summed E-state index contributed by atoms with van der Waals surface area (Å²) in [7, 11) is 4.02. The van der Waals surface area contributed by atoms with E-state index in [9.17, 15) is 0 Å². The van der Waals surface area contributed by atoms with Gasteiger partial charge in [0, 0.05) is 0 Å². The van der Waals surface area contributed by atoms with Gasteiger partial charge in [0.2, 0.25) is 0 Å². The van der Waals surface area contributed by atoms with Gasteiger partial charge in [0.1, 0.15) is 5.52 Å². The molecule has 4 heteroatoms. The lowest BCUT2D eigenvalue weighted by atomic mass is 10.3. The maximum atomic E-state index is 4.06. The minimum absolute atomic E-state index is 0.764. The van der Waals surface area contributed by atoms with E-state index in [1.807, 2.05) is 56.9 Å². The van der Waals surface area contributed by atoms with Crippen LogP contribution >= 0.6 is 0 Å². The second kappa shape index (κ2) is 5.46. The van der Waals surface area contributed by atoms with Crippen LogP contribution in [0.1, 0.15) is 13.8 Å². The fourth-order valence-corrected chi connectivity index (χ4v) is 1.29. The van der Waals surface area contributed by atoms with Crippen LogP contribution in [-0.2, 0) is 6.67 Å². The standard InChI is InChI=1S/C9H12N4.C2H6/c1-12(2)7-13-9-6-4-3-5-8(9)10-11-13;1-2/h3-6H,7H2,1-2H3;1-2H3. The van der Waals surface area contributed by atoms with Crippen LogP contribution in [0, 0.1) is 0 Å². The summed E-state index contributed by atoms with van der Waals surface area (Å²) < 4.78 is 1.88. The van der Waals surface area contributed by atoms with Gasteiger partial charge in [-0.15, -0.1) is 5.10 Å². The van der Waals surface area contributed by atoms with Gasteiger partial charge in [-0.3, -0.25) is 4.90 Å². The van der Waals surface area contributed by atoms with E-state index in [0.29, 0.717) is 0 Å². The highest BCUT2D eigenvalue weighted by Crippen LogP contribution is 2.09. The number of para-hydroxylation sites is 1. The lowest BCUT2D eigenvalue weighted by Gasteiger charge is -2.08. The van der Waals surface area contributed by atoms with E-state index < -0.39 is 0 Å². The quantitative estimate of drug-likeness (QED) is 0.753. The molecule has 4 nitrogen and oxygen atoms in total. The number of hydrogen-bond acceptors (Lipinski definition) is 3. The monoisotopic (exact) mass is 206 g/mol. The van der Waals surface area contributed by atoms with Crippen LogP contribution in [0.15, 0.2) is 24.3 Å². The van der Waals surface area contributed by atoms with Gasteiger partial charge in [0.05, 0.1) is 12.2 Å². The lowest BCUT2D eigenvalue weighted by Crippen LogP contribution is -2.17. The summed E-state index contributed by atoms with van der Waals surface area (Å²) in [6.07, 6.45) is 0. The zero-order valence-corrected chi connectivity index (χ0v) is 9.81. The summed E-state index contributed by atoms with van der Waals surface area (Å²) in [5, 5.41) is 8.12. The van der Waals surface area contributed by atoms with Crippen molar-refractivity contribution in [3.63, 3.8) is 0 Å². The summed E-state index contributed by atoms with van der Waals surface area (Å²) in [4.78, 5) is 2.06. The third kappa shape index (κ3) is 2.76. The molecule has 0 saturated carbocycles. The van der Waals surface area contributed by atoms with Gasteiger partial charge >= 0.3 is 0 Å². The summed E-state index contributed by atoms with van der Waals surface area (Å²) in [6, 6.07) is 7.96. The third-order valence-electron chi connectivity index (χ3n) is 1.84. The molecule has 0 aliphatic heterocycles. The molecule has 0 unspecified atom stereocenters. The molecular formula is C11H18N4. The Morgan fingerprint density at radius 2 is 1.87 bits per heavy atom. The van der Waals surface area contributed by atoms with Crippen LogP contribution in [0.4, 0.5) is 0 Å². The van der Waals surface area contributed by atoms with E-state index in [2.05, 4.69) is 15.2 Å². The van der Waals surface area contributed by atoms with E-state index in [1.165, 1.54) is 0 Å². The largest absolute Gasteiger partial charge is 0.291 e. The van der Waals surface area contributed by atoms with Crippen molar-refractivity contribution in [2.45, 2.75) is 20.5 Å². The third-order valence-corrected chi connectivity index (χ3v) is 1.84. The highest BCUT2D eigenvalue weighted by molar-refractivity contribution is 5.73. The molecule has 15 heavy (non-hydrogen) atoms. The highest BCUT2D eigenvalue weighted by atomic mass is 15.5. The Kier molecular flexibility index (Phi) is 4.24. The van der Waals surface area contributed by atoms with Crippen molar-refractivity contribution >= 4 is 11.0 Å². The van der Waals surface area contributed by atoms with Crippen molar-refractivity contribution in [1.29, 1.82) is 0 Å². The predicted molar refractivity (Wildman–Crippen MR) is 62.6 cm³/mol. The molecule has 2 aromatic rings. The first-order chi connectivity index (χ1) is 7.27. The smallest absolute Gasteiger partial charge is 0.113 e. The van der Waals surface area contributed by atoms with E-state index in [4.69, 9.17) is 0 Å². The molecule has 0 bridgehead atoms. The fraction of sp³-hybridized carbons (Fsp3) is 0.455. The molecule has 0 amide bonds. The Hall–Kier alpha value is -1.42. The zero-order valence-electron chi connectivity index (χ0n) is 9.81. The van der Waals surface area contributed by atoms with Crippen molar-refractivity contribution in [1.82, 2.24) is 19.9 Å². The van der Waals surface area contributed by atoms with Crippen LogP contribution in [0.3, 0.4) is 0 Å². The Bertz CT molecular complexity index is 406. The second-order valence-corrected chi connectivity index (χ2v) is 3.30. The van der Waals surface area contributed by atoms with Gasteiger partial charge in [0.25, 0.3) is 0 Å². The highest BCUT2D eigenvalue weighted by Gasteiger charge is 2.02. The maximum Gasteiger partial charge on any atom is 0.113 e. The summed E-state index contributed by atoms with van der Waals surface area (Å²) in [6.45, 7) is 4.76. The summed E-state index contributed by atoms with van der Waals surface area (Å²) in [5.74, 6) is 0. The van der Waals surface area contributed by atoms with Crippen molar-refractivity contribution in [3.05, 3.63) is 24.3 Å². The summed E-state index contributed by atoms with van der Waals surface area (Å²) in [5.41, 5.74) is 2.03. The topological polar surface area (TPSA) is 34.0 Å². The molecule has 2 rings (SSSR count). The minimum Gasteiger partial charge on any atom is -0.291 e. The molecule has 1 aromatic carbocycles. The molecule has 82 valence electrons. The minimum atomic E-state index is 0.764. The predicted octanol–water partition coefficient (Wildman–Crippen LogP) is 1.98. The average molecular weight is 206 g/mol. The first-order valence-corrected chi connectivity index (χ1v) is 5.20. The van der Waals surface area contributed by atoms with Crippen LogP contribution in [0.2, 0.25) is 0 Å². The van der Waals surface area contributed by atoms with Crippen LogP contribution < -0.4 is 0 Å². The van der Waals surface area contributed by atoms with Crippen LogP contribution in [0.5, 0.6) is 0 Å². The first-order valence-electron chi connectivity index (χ1n) is 5.20. The number of rotatable bonds is 2. The Morgan fingerprint density at radius 3 is 2.53 bits per heavy atom. The SMILES string of the molecule is CC.CN(C)Cn1nnc2ccccc21. The molecule has 1 heterocycles. The molecular weight excluding hydrogens is 188 g/mol. The number of nitrogens with zero attached hydrogens (tertiary/aromatic N) is 4. The van der Waals surface area contributed by atoms with Gasteiger partial charge in [-0.1, -0.05) is 31.2 Å². The van der Waals surface area contributed by atoms with Gasteiger partial charge in [0.15, 0.2) is 0 Å². The molecule has 0 saturated heterocycles. The molecule has 0 aliphatic rings. The molecule has 0 fully saturated rings. The van der Waals surface area contributed by atoms with Gasteiger partial charge in [-0.05, 0) is 26.2 Å². The first kappa shape index (κ1) is 11.7. The van der Waals surface area contributed by atoms with Gasteiger partial charge in [-0.25, -0.2) is 4.68 Å². The van der Waals surface area contributed by atoms with Crippen molar-refractivity contribution in [2.24, 2.45) is 0 Å². The lowest BCUT2D eigenvalue weighted by molar-refractivity contribution is 0.309. The normalized spacial score (nSPS) is 10.2. The molecule has 0 spiro atoms. The van der Waals surface area contributed by atoms with Crippen LogP contribution in [-0.4, -0.2) is 34.0 Å². The van der Waals surface area contributed by atoms with Crippen molar-refractivity contribution in [3.8, 4) is 0 Å². The molecule has 0 aliphatic carbocycles. The molecule has 0 radical (unpaired) electrons. The van der Waals surface area contributed by atoms with E-state index >= 15 is 0 Å². The molecule has 0 atom stereocenters. The van der Waals surface area contributed by atoms with E-state index in [-0.39, 0.29) is 0 Å². The fourth-order valence-electron chi connectivity index (χ4n) is 1.29. The summed E-state index contributed by atoms with van der Waals surface area (Å²) >= 11 is 0. The van der Waals surface area contributed by atoms with E-state index in [1.54, 1.807) is 0 Å². The van der Waals surface area contributed by atoms with Crippen molar-refractivity contribution < 1.29 is 0 Å². The Labute approximate surface area is 90.5 Å². The average Bonchev–Trinajstić information content (AvgIpc) is 2.64. The maximum absolute atomic E-state index is 4.06. The van der Waals surface area contributed by atoms with Crippen LogP contribution in [0.25, 0.3) is 11.0 Å². The number of aromatic nitrogens is 3. The van der Waals surface area contributed by atoms with E-state index in [0.717, 1.165) is 17.7 Å². The zero-order chi connectivity index (χ0) is 11.3. The second-order valence-electron chi connectivity index (χ2n) is 3.30. The van der Waals surface area contributed by atoms with Gasteiger partial charge < -0.3 is 0 Å². The molecule has 1 aromatic heterocycles. The number of fused-ring (bicyclic) bond motifs is 1. The number of benzene rings is 1. The van der Waals surface area contributed by atoms with Crippen molar-refractivity contribution in [2.75, 3.05) is 14.1 Å².